The van der Waals surface area contributed by atoms with Crippen molar-refractivity contribution < 1.29 is 38.6 Å². The number of aliphatic carboxylic acids is 1. The smallest absolute Gasteiger partial charge is 0.408 e. The van der Waals surface area contributed by atoms with Gasteiger partial charge in [-0.1, -0.05) is 91.0 Å². The first kappa shape index (κ1) is 41.8. The molecule has 1 heterocycles. The van der Waals surface area contributed by atoms with Crippen LogP contribution in [0.1, 0.15) is 83.7 Å². The predicted octanol–water partition coefficient (Wildman–Crippen LogP) is 5.36. The second-order valence-electron chi connectivity index (χ2n) is 15.2. The maximum Gasteiger partial charge on any atom is 0.408 e. The monoisotopic (exact) mass is 753 g/mol. The lowest BCUT2D eigenvalue weighted by atomic mass is 9.77. The van der Waals surface area contributed by atoms with Crippen LogP contribution in [0, 0.1) is 0 Å². The standard InChI is InChI=1S/C42H51N5O8/c1-28(36(49)45-33(38(51)52)23-24-35(48)54-40(2,3)4)44-37(50)34(46-39(53)55-41(5,6)7)25-32-26-47(27-43-32)42(29-17-11-8-12-18-29,30-19-13-9-14-20-30)31-21-15-10-16-22-31/h8-22,26-28,33-34H,23-25H2,1-7H3,(H,44,50)(H,45,49)(H,46,53)(H,51,52)/t28-,33+,34-/m0/s1. The van der Waals surface area contributed by atoms with Gasteiger partial charge in [-0.3, -0.25) is 14.4 Å². The summed E-state index contributed by atoms with van der Waals surface area (Å²) in [5, 5.41) is 17.3. The van der Waals surface area contributed by atoms with E-state index in [2.05, 4.69) is 16.0 Å². The van der Waals surface area contributed by atoms with E-state index in [9.17, 15) is 29.1 Å². The average molecular weight is 754 g/mol. The van der Waals surface area contributed by atoms with Crippen LogP contribution in [0.2, 0.25) is 0 Å². The number of carboxylic acids is 1. The van der Waals surface area contributed by atoms with E-state index in [1.807, 2.05) is 102 Å². The highest BCUT2D eigenvalue weighted by atomic mass is 16.6. The van der Waals surface area contributed by atoms with Gasteiger partial charge in [-0.05, 0) is 71.6 Å². The summed E-state index contributed by atoms with van der Waals surface area (Å²) in [5.74, 6) is -3.50. The van der Waals surface area contributed by atoms with E-state index in [1.165, 1.54) is 6.92 Å². The molecule has 0 bridgehead atoms. The topological polar surface area (TPSA) is 178 Å². The maximum atomic E-state index is 13.8. The van der Waals surface area contributed by atoms with Crippen LogP contribution < -0.4 is 16.0 Å². The van der Waals surface area contributed by atoms with Gasteiger partial charge in [0.1, 0.15) is 34.9 Å². The van der Waals surface area contributed by atoms with E-state index in [4.69, 9.17) is 14.5 Å². The SMILES string of the molecule is C[C@H](NC(=O)[C@H](Cc1cn(C(c2ccccc2)(c2ccccc2)c2ccccc2)cn1)NC(=O)OC(C)(C)C)C(=O)N[C@H](CCC(=O)OC(C)(C)C)C(=O)O. The zero-order valence-electron chi connectivity index (χ0n) is 32.4. The van der Waals surface area contributed by atoms with Crippen molar-refractivity contribution >= 4 is 29.8 Å². The highest BCUT2D eigenvalue weighted by Crippen LogP contribution is 2.40. The number of rotatable bonds is 15. The van der Waals surface area contributed by atoms with Crippen LogP contribution in [0.4, 0.5) is 4.79 Å². The van der Waals surface area contributed by atoms with Crippen molar-refractivity contribution in [2.75, 3.05) is 0 Å². The minimum Gasteiger partial charge on any atom is -0.480 e. The molecular formula is C42H51N5O8. The number of alkyl carbamates (subject to hydrolysis) is 1. The fraction of sp³-hybridized carbons (Fsp3) is 0.381. The second-order valence-corrected chi connectivity index (χ2v) is 15.2. The molecule has 0 spiro atoms. The molecule has 0 saturated carbocycles. The molecule has 0 fully saturated rings. The molecule has 4 rings (SSSR count). The van der Waals surface area contributed by atoms with Crippen molar-refractivity contribution in [3.63, 3.8) is 0 Å². The van der Waals surface area contributed by atoms with Gasteiger partial charge in [0, 0.05) is 19.0 Å². The number of nitrogens with zero attached hydrogens (tertiary/aromatic N) is 2. The number of hydrogen-bond acceptors (Lipinski definition) is 8. The zero-order valence-corrected chi connectivity index (χ0v) is 32.4. The van der Waals surface area contributed by atoms with Gasteiger partial charge < -0.3 is 35.1 Å². The summed E-state index contributed by atoms with van der Waals surface area (Å²) in [5.41, 5.74) is 0.839. The Morgan fingerprint density at radius 3 is 1.64 bits per heavy atom. The summed E-state index contributed by atoms with van der Waals surface area (Å²) >= 11 is 0. The van der Waals surface area contributed by atoms with Crippen LogP contribution in [0.25, 0.3) is 0 Å². The average Bonchev–Trinajstić information content (AvgIpc) is 3.58. The minimum atomic E-state index is -1.42. The quantitative estimate of drug-likeness (QED) is 0.0920. The summed E-state index contributed by atoms with van der Waals surface area (Å²) in [6.07, 6.45) is 2.09. The number of carbonyl (C=O) groups excluding carboxylic acids is 4. The van der Waals surface area contributed by atoms with Gasteiger partial charge in [0.15, 0.2) is 0 Å². The lowest BCUT2D eigenvalue weighted by Gasteiger charge is -2.37. The van der Waals surface area contributed by atoms with Crippen LogP contribution in [-0.2, 0) is 40.6 Å². The molecule has 0 radical (unpaired) electrons. The third kappa shape index (κ3) is 11.5. The third-order valence-corrected chi connectivity index (χ3v) is 8.44. The van der Waals surface area contributed by atoms with Crippen molar-refractivity contribution in [1.82, 2.24) is 25.5 Å². The van der Waals surface area contributed by atoms with Gasteiger partial charge in [-0.25, -0.2) is 14.6 Å². The number of amides is 3. The van der Waals surface area contributed by atoms with Crippen molar-refractivity contribution in [3.05, 3.63) is 126 Å². The highest BCUT2D eigenvalue weighted by molar-refractivity contribution is 5.92. The normalized spacial score (nSPS) is 13.4. The van der Waals surface area contributed by atoms with E-state index >= 15 is 0 Å². The Hall–Kier alpha value is -5.98. The van der Waals surface area contributed by atoms with Gasteiger partial charge in [-0.2, -0.15) is 0 Å². The van der Waals surface area contributed by atoms with E-state index in [0.717, 1.165) is 16.7 Å². The number of esters is 1. The Bertz CT molecular complexity index is 1820. The largest absolute Gasteiger partial charge is 0.480 e. The summed E-state index contributed by atoms with van der Waals surface area (Å²) in [4.78, 5) is 68.8. The highest BCUT2D eigenvalue weighted by Gasteiger charge is 2.39. The van der Waals surface area contributed by atoms with Crippen molar-refractivity contribution in [1.29, 1.82) is 0 Å². The Balaban J connectivity index is 1.62. The number of aromatic nitrogens is 2. The fourth-order valence-electron chi connectivity index (χ4n) is 6.09. The fourth-order valence-corrected chi connectivity index (χ4v) is 6.09. The van der Waals surface area contributed by atoms with Gasteiger partial charge in [0.05, 0.1) is 12.0 Å². The predicted molar refractivity (Wildman–Crippen MR) is 206 cm³/mol. The number of ether oxygens (including phenoxy) is 2. The van der Waals surface area contributed by atoms with Crippen LogP contribution in [0.5, 0.6) is 0 Å². The minimum absolute atomic E-state index is 0.0888. The van der Waals surface area contributed by atoms with Gasteiger partial charge in [0.25, 0.3) is 0 Å². The van der Waals surface area contributed by atoms with Crippen molar-refractivity contribution in [2.45, 2.75) is 103 Å². The van der Waals surface area contributed by atoms with Gasteiger partial charge >= 0.3 is 18.0 Å². The van der Waals surface area contributed by atoms with Crippen LogP contribution >= 0.6 is 0 Å². The molecule has 13 heteroatoms. The lowest BCUT2D eigenvalue weighted by Crippen LogP contribution is -2.55. The van der Waals surface area contributed by atoms with Crippen molar-refractivity contribution in [2.24, 2.45) is 0 Å². The first-order chi connectivity index (χ1) is 25.9. The Kier molecular flexibility index (Phi) is 13.6. The molecule has 0 aliphatic rings. The second kappa shape index (κ2) is 17.9. The molecular weight excluding hydrogens is 702 g/mol. The molecule has 292 valence electrons. The Labute approximate surface area is 321 Å². The summed E-state index contributed by atoms with van der Waals surface area (Å²) < 4.78 is 12.7. The van der Waals surface area contributed by atoms with E-state index in [0.29, 0.717) is 5.69 Å². The van der Waals surface area contributed by atoms with Crippen LogP contribution in [0.3, 0.4) is 0 Å². The van der Waals surface area contributed by atoms with Crippen LogP contribution in [0.15, 0.2) is 104 Å². The van der Waals surface area contributed by atoms with Gasteiger partial charge in [-0.15, -0.1) is 0 Å². The summed E-state index contributed by atoms with van der Waals surface area (Å²) in [7, 11) is 0. The molecule has 0 saturated heterocycles. The number of hydrogen-bond donors (Lipinski definition) is 4. The molecule has 0 unspecified atom stereocenters. The van der Waals surface area contributed by atoms with E-state index in [-0.39, 0.29) is 19.3 Å². The number of carbonyl (C=O) groups is 5. The molecule has 4 aromatic rings. The first-order valence-corrected chi connectivity index (χ1v) is 18.1. The third-order valence-electron chi connectivity index (χ3n) is 8.44. The lowest BCUT2D eigenvalue weighted by molar-refractivity contribution is -0.155. The molecule has 1 aromatic heterocycles. The number of imidazole rings is 1. The molecule has 3 amide bonds. The Morgan fingerprint density at radius 1 is 0.691 bits per heavy atom. The number of nitrogens with one attached hydrogen (secondary N) is 3. The number of carboxylic acid groups (broad SMARTS) is 1. The molecule has 13 nitrogen and oxygen atoms in total. The first-order valence-electron chi connectivity index (χ1n) is 18.1. The van der Waals surface area contributed by atoms with Gasteiger partial charge in [0.2, 0.25) is 11.8 Å². The molecule has 3 aromatic carbocycles. The number of benzene rings is 3. The van der Waals surface area contributed by atoms with E-state index < -0.39 is 64.7 Å². The zero-order chi connectivity index (χ0) is 40.4. The molecule has 0 aliphatic heterocycles. The van der Waals surface area contributed by atoms with E-state index in [1.54, 1.807) is 47.9 Å². The molecule has 55 heavy (non-hydrogen) atoms. The maximum absolute atomic E-state index is 13.8. The Morgan fingerprint density at radius 2 is 1.18 bits per heavy atom. The van der Waals surface area contributed by atoms with Crippen molar-refractivity contribution in [3.8, 4) is 0 Å². The molecule has 0 aliphatic carbocycles. The molecule has 3 atom stereocenters. The summed E-state index contributed by atoms with van der Waals surface area (Å²) in [6.45, 7) is 11.5. The summed E-state index contributed by atoms with van der Waals surface area (Å²) in [6, 6.07) is 26.0. The molecule has 4 N–H and O–H groups in total. The van der Waals surface area contributed by atoms with Crippen LogP contribution in [-0.4, -0.2) is 73.8 Å².